The molecule has 0 aliphatic carbocycles. The summed E-state index contributed by atoms with van der Waals surface area (Å²) < 4.78 is 0.558. The zero-order valence-electron chi connectivity index (χ0n) is 11.7. The number of nitrogens with zero attached hydrogens (tertiary/aromatic N) is 1. The molecular weight excluding hydrogens is 362 g/mol. The van der Waals surface area contributed by atoms with Gasteiger partial charge < -0.3 is 11.1 Å². The predicted molar refractivity (Wildman–Crippen MR) is 87.9 cm³/mol. The lowest BCUT2D eigenvalue weighted by Crippen LogP contribution is -2.40. The monoisotopic (exact) mass is 379 g/mol. The van der Waals surface area contributed by atoms with E-state index < -0.39 is 10.8 Å². The van der Waals surface area contributed by atoms with Crippen molar-refractivity contribution in [1.29, 1.82) is 0 Å². The predicted octanol–water partition coefficient (Wildman–Crippen LogP) is 3.03. The summed E-state index contributed by atoms with van der Waals surface area (Å²) in [5.74, 6) is -0.462. The third-order valence-electron chi connectivity index (χ3n) is 2.93. The number of nitrogens with one attached hydrogen (secondary N) is 1. The third-order valence-corrected chi connectivity index (χ3v) is 3.42. The molecule has 0 bridgehead atoms. The summed E-state index contributed by atoms with van der Waals surface area (Å²) in [6.07, 6.45) is 2.72. The van der Waals surface area contributed by atoms with E-state index >= 15 is 0 Å². The van der Waals surface area contributed by atoms with Gasteiger partial charge in [-0.1, -0.05) is 35.7 Å². The SMILES string of the molecule is CCCCC(CN)NC(=O)c1ccc(Br)cc1[N+](=O)[O-].Cl. The summed E-state index contributed by atoms with van der Waals surface area (Å²) in [5, 5.41) is 13.7. The van der Waals surface area contributed by atoms with Crippen LogP contribution in [0.25, 0.3) is 0 Å². The van der Waals surface area contributed by atoms with Crippen molar-refractivity contribution in [3.8, 4) is 0 Å². The number of benzene rings is 1. The average molecular weight is 381 g/mol. The molecule has 3 N–H and O–H groups in total. The smallest absolute Gasteiger partial charge is 0.283 e. The first kappa shape index (κ1) is 19.8. The van der Waals surface area contributed by atoms with Gasteiger partial charge in [-0.25, -0.2) is 0 Å². The van der Waals surface area contributed by atoms with Gasteiger partial charge in [-0.05, 0) is 18.6 Å². The minimum atomic E-state index is -0.566. The van der Waals surface area contributed by atoms with Crippen LogP contribution in [0.5, 0.6) is 0 Å². The highest BCUT2D eigenvalue weighted by Crippen LogP contribution is 2.23. The Kier molecular flexibility index (Phi) is 9.16. The summed E-state index contributed by atoms with van der Waals surface area (Å²) in [4.78, 5) is 22.5. The van der Waals surface area contributed by atoms with E-state index in [4.69, 9.17) is 5.73 Å². The lowest BCUT2D eigenvalue weighted by Gasteiger charge is -2.16. The number of hydrogen-bond acceptors (Lipinski definition) is 4. The largest absolute Gasteiger partial charge is 0.348 e. The fraction of sp³-hybridized carbons (Fsp3) is 0.462. The molecule has 6 nitrogen and oxygen atoms in total. The van der Waals surface area contributed by atoms with E-state index in [2.05, 4.69) is 28.2 Å². The van der Waals surface area contributed by atoms with E-state index in [1.165, 1.54) is 12.1 Å². The van der Waals surface area contributed by atoms with Gasteiger partial charge in [-0.2, -0.15) is 0 Å². The normalized spacial score (nSPS) is 11.4. The van der Waals surface area contributed by atoms with Gasteiger partial charge in [0.2, 0.25) is 0 Å². The Bertz CT molecular complexity index is 500. The molecule has 8 heteroatoms. The summed E-state index contributed by atoms with van der Waals surface area (Å²) >= 11 is 3.16. The van der Waals surface area contributed by atoms with Crippen molar-refractivity contribution in [2.75, 3.05) is 6.54 Å². The Balaban J connectivity index is 0.00000400. The molecule has 1 amide bonds. The zero-order valence-corrected chi connectivity index (χ0v) is 14.1. The van der Waals surface area contributed by atoms with Crippen LogP contribution in [-0.4, -0.2) is 23.4 Å². The van der Waals surface area contributed by atoms with Crippen LogP contribution in [0.15, 0.2) is 22.7 Å². The van der Waals surface area contributed by atoms with Crippen molar-refractivity contribution < 1.29 is 9.72 Å². The molecule has 0 radical (unpaired) electrons. The lowest BCUT2D eigenvalue weighted by molar-refractivity contribution is -0.385. The highest BCUT2D eigenvalue weighted by molar-refractivity contribution is 9.10. The number of rotatable bonds is 7. The molecule has 0 aliphatic rings. The molecule has 0 spiro atoms. The van der Waals surface area contributed by atoms with E-state index in [1.54, 1.807) is 6.07 Å². The van der Waals surface area contributed by atoms with Crippen molar-refractivity contribution >= 4 is 39.9 Å². The molecule has 118 valence electrons. The maximum Gasteiger partial charge on any atom is 0.283 e. The number of nitro groups is 1. The molecule has 0 heterocycles. The van der Waals surface area contributed by atoms with Gasteiger partial charge in [0.15, 0.2) is 0 Å². The summed E-state index contributed by atoms with van der Waals surface area (Å²) in [7, 11) is 0. The van der Waals surface area contributed by atoms with E-state index in [0.717, 1.165) is 19.3 Å². The molecular formula is C13H19BrClN3O3. The first-order valence-corrected chi connectivity index (χ1v) is 7.23. The van der Waals surface area contributed by atoms with Crippen LogP contribution in [-0.2, 0) is 0 Å². The van der Waals surface area contributed by atoms with E-state index in [9.17, 15) is 14.9 Å². The number of nitro benzene ring substituents is 1. The zero-order chi connectivity index (χ0) is 15.1. The number of halogens is 2. The van der Waals surface area contributed by atoms with Crippen molar-refractivity contribution in [3.05, 3.63) is 38.3 Å². The maximum atomic E-state index is 12.1. The average Bonchev–Trinajstić information content (AvgIpc) is 2.42. The van der Waals surface area contributed by atoms with E-state index in [-0.39, 0.29) is 29.7 Å². The van der Waals surface area contributed by atoms with Crippen LogP contribution >= 0.6 is 28.3 Å². The molecule has 0 aliphatic heterocycles. The molecule has 1 aromatic carbocycles. The quantitative estimate of drug-likeness (QED) is 0.561. The van der Waals surface area contributed by atoms with Gasteiger partial charge in [-0.3, -0.25) is 14.9 Å². The van der Waals surface area contributed by atoms with E-state index in [1.807, 2.05) is 0 Å². The van der Waals surface area contributed by atoms with Gasteiger partial charge in [0.25, 0.3) is 11.6 Å². The molecule has 1 unspecified atom stereocenters. The summed E-state index contributed by atoms with van der Waals surface area (Å²) in [6, 6.07) is 4.19. The second-order valence-corrected chi connectivity index (χ2v) is 5.38. The van der Waals surface area contributed by atoms with Crippen LogP contribution in [0.3, 0.4) is 0 Å². The number of amides is 1. The van der Waals surface area contributed by atoms with Gasteiger partial charge >= 0.3 is 0 Å². The molecule has 0 saturated carbocycles. The second kappa shape index (κ2) is 9.70. The Morgan fingerprint density at radius 2 is 2.19 bits per heavy atom. The third kappa shape index (κ3) is 5.99. The first-order valence-electron chi connectivity index (χ1n) is 6.44. The molecule has 0 aromatic heterocycles. The second-order valence-electron chi connectivity index (χ2n) is 4.47. The van der Waals surface area contributed by atoms with Crippen LogP contribution in [0.2, 0.25) is 0 Å². The fourth-order valence-corrected chi connectivity index (χ4v) is 2.16. The number of hydrogen-bond donors (Lipinski definition) is 2. The van der Waals surface area contributed by atoms with Gasteiger partial charge in [0, 0.05) is 23.1 Å². The molecule has 21 heavy (non-hydrogen) atoms. The van der Waals surface area contributed by atoms with Crippen molar-refractivity contribution in [2.45, 2.75) is 32.2 Å². The van der Waals surface area contributed by atoms with Gasteiger partial charge in [-0.15, -0.1) is 12.4 Å². The van der Waals surface area contributed by atoms with Crippen LogP contribution in [0, 0.1) is 10.1 Å². The molecule has 0 fully saturated rings. The van der Waals surface area contributed by atoms with Crippen LogP contribution in [0.1, 0.15) is 36.5 Å². The fourth-order valence-electron chi connectivity index (χ4n) is 1.81. The standard InChI is InChI=1S/C13H18BrN3O3.ClH/c1-2-3-4-10(8-15)16-13(18)11-6-5-9(14)7-12(11)17(19)20;/h5-7,10H,2-4,8,15H2,1H3,(H,16,18);1H. The van der Waals surface area contributed by atoms with Crippen molar-refractivity contribution in [1.82, 2.24) is 5.32 Å². The summed E-state index contributed by atoms with van der Waals surface area (Å²) in [5.41, 5.74) is 5.44. The Morgan fingerprint density at radius 3 is 2.71 bits per heavy atom. The topological polar surface area (TPSA) is 98.3 Å². The number of nitrogens with two attached hydrogens (primary N) is 1. The minimum Gasteiger partial charge on any atom is -0.348 e. The van der Waals surface area contributed by atoms with Gasteiger partial charge in [0.05, 0.1) is 4.92 Å². The Morgan fingerprint density at radius 1 is 1.52 bits per heavy atom. The first-order chi connectivity index (χ1) is 9.49. The molecule has 1 aromatic rings. The Labute approximate surface area is 138 Å². The number of carbonyl (C=O) groups excluding carboxylic acids is 1. The van der Waals surface area contributed by atoms with Crippen LogP contribution < -0.4 is 11.1 Å². The van der Waals surface area contributed by atoms with Crippen LogP contribution in [0.4, 0.5) is 5.69 Å². The molecule has 1 rings (SSSR count). The summed E-state index contributed by atoms with van der Waals surface area (Å²) in [6.45, 7) is 2.37. The van der Waals surface area contributed by atoms with Crippen molar-refractivity contribution in [2.24, 2.45) is 5.73 Å². The number of unbranched alkanes of at least 4 members (excludes halogenated alkanes) is 1. The van der Waals surface area contributed by atoms with E-state index in [0.29, 0.717) is 11.0 Å². The molecule has 1 atom stereocenters. The lowest BCUT2D eigenvalue weighted by atomic mass is 10.1. The maximum absolute atomic E-state index is 12.1. The highest BCUT2D eigenvalue weighted by atomic mass is 79.9. The number of carbonyl (C=O) groups is 1. The van der Waals surface area contributed by atoms with Gasteiger partial charge in [0.1, 0.15) is 5.56 Å². The highest BCUT2D eigenvalue weighted by Gasteiger charge is 2.22. The van der Waals surface area contributed by atoms with Crippen molar-refractivity contribution in [3.63, 3.8) is 0 Å². The Hall–Kier alpha value is -1.18. The molecule has 0 saturated heterocycles. The minimum absolute atomic E-state index is 0.